The first-order valence-corrected chi connectivity index (χ1v) is 9.95. The summed E-state index contributed by atoms with van der Waals surface area (Å²) < 4.78 is 1.77. The molecular formula is C20H21N5OS. The topological polar surface area (TPSA) is 67.1 Å². The zero-order valence-corrected chi connectivity index (χ0v) is 16.1. The molecule has 138 valence electrons. The highest BCUT2D eigenvalue weighted by Crippen LogP contribution is 2.36. The summed E-state index contributed by atoms with van der Waals surface area (Å²) in [7, 11) is 4.00. The number of aryl methyl sites for hydroxylation is 1. The highest BCUT2D eigenvalue weighted by Gasteiger charge is 2.28. The van der Waals surface area contributed by atoms with E-state index in [-0.39, 0.29) is 0 Å². The van der Waals surface area contributed by atoms with Crippen molar-refractivity contribution in [1.29, 1.82) is 0 Å². The van der Waals surface area contributed by atoms with Crippen LogP contribution in [-0.2, 0) is 7.05 Å². The lowest BCUT2D eigenvalue weighted by Gasteiger charge is -2.16. The molecule has 0 radical (unpaired) electrons. The van der Waals surface area contributed by atoms with Gasteiger partial charge in [-0.3, -0.25) is 4.68 Å². The summed E-state index contributed by atoms with van der Waals surface area (Å²) in [5.41, 5.74) is 2.61. The molecule has 4 aromatic rings. The van der Waals surface area contributed by atoms with Gasteiger partial charge in [0.2, 0.25) is 0 Å². The van der Waals surface area contributed by atoms with E-state index in [1.54, 1.807) is 16.0 Å². The first-order valence-electron chi connectivity index (χ1n) is 9.14. The van der Waals surface area contributed by atoms with E-state index in [1.807, 2.05) is 25.5 Å². The average molecular weight is 379 g/mol. The van der Waals surface area contributed by atoms with Crippen molar-refractivity contribution in [2.24, 2.45) is 13.0 Å². The largest absolute Gasteiger partial charge is 0.387 e. The van der Waals surface area contributed by atoms with E-state index in [0.717, 1.165) is 56.9 Å². The van der Waals surface area contributed by atoms with Crippen LogP contribution in [0.2, 0.25) is 0 Å². The Morgan fingerprint density at radius 1 is 1.22 bits per heavy atom. The van der Waals surface area contributed by atoms with Gasteiger partial charge in [0.1, 0.15) is 4.83 Å². The maximum absolute atomic E-state index is 10.8. The summed E-state index contributed by atoms with van der Waals surface area (Å²) in [6, 6.07) is 8.26. The first kappa shape index (κ1) is 16.8. The SMILES string of the molecule is CN1CC[C@@H]([C@H](O)c2cc3ccc(-c4cnc5nn(C)cc5c4)nc3s2)C1. The number of nitrogens with zero attached hydrogens (tertiary/aromatic N) is 5. The number of rotatable bonds is 3. The van der Waals surface area contributed by atoms with Gasteiger partial charge < -0.3 is 10.0 Å². The molecule has 1 saturated heterocycles. The van der Waals surface area contributed by atoms with Crippen LogP contribution in [0.1, 0.15) is 17.4 Å². The molecule has 2 atom stereocenters. The number of fused-ring (bicyclic) bond motifs is 2. The molecule has 5 heterocycles. The van der Waals surface area contributed by atoms with E-state index in [9.17, 15) is 5.11 Å². The Morgan fingerprint density at radius 3 is 2.93 bits per heavy atom. The zero-order valence-electron chi connectivity index (χ0n) is 15.3. The molecule has 7 heteroatoms. The van der Waals surface area contributed by atoms with Crippen molar-refractivity contribution in [3.8, 4) is 11.3 Å². The molecule has 0 unspecified atom stereocenters. The van der Waals surface area contributed by atoms with Gasteiger partial charge in [0.05, 0.1) is 11.8 Å². The lowest BCUT2D eigenvalue weighted by atomic mass is 10.0. The molecule has 5 rings (SSSR count). The Bertz CT molecular complexity index is 1130. The summed E-state index contributed by atoms with van der Waals surface area (Å²) in [4.78, 5) is 13.5. The normalized spacial score (nSPS) is 19.3. The Morgan fingerprint density at radius 2 is 2.11 bits per heavy atom. The second-order valence-corrected chi connectivity index (χ2v) is 8.50. The standard InChI is InChI=1S/C20H21N5OS/c1-24-6-5-13(10-24)18(26)17-8-12-3-4-16(22-20(12)27-17)14-7-15-11-25(2)23-19(15)21-9-14/h3-4,7-9,11,13,18,26H,5-6,10H2,1-2H3/t13-,18+/m1/s1. The molecule has 1 aliphatic heterocycles. The Kier molecular flexibility index (Phi) is 3.96. The number of hydrogen-bond donors (Lipinski definition) is 1. The van der Waals surface area contributed by atoms with E-state index in [0.29, 0.717) is 5.92 Å². The summed E-state index contributed by atoms with van der Waals surface area (Å²) in [6.07, 6.45) is 4.41. The smallest absolute Gasteiger partial charge is 0.181 e. The third-order valence-electron chi connectivity index (χ3n) is 5.34. The fourth-order valence-corrected chi connectivity index (χ4v) is 4.99. The molecule has 1 aliphatic rings. The molecule has 0 aliphatic carbocycles. The van der Waals surface area contributed by atoms with Crippen LogP contribution in [0.5, 0.6) is 0 Å². The van der Waals surface area contributed by atoms with E-state index < -0.39 is 6.10 Å². The van der Waals surface area contributed by atoms with Gasteiger partial charge in [-0.1, -0.05) is 0 Å². The minimum Gasteiger partial charge on any atom is -0.387 e. The molecule has 0 bridgehead atoms. The van der Waals surface area contributed by atoms with Crippen molar-refractivity contribution in [2.75, 3.05) is 20.1 Å². The number of aliphatic hydroxyl groups is 1. The molecule has 0 amide bonds. The van der Waals surface area contributed by atoms with Crippen LogP contribution in [0.15, 0.2) is 36.7 Å². The predicted molar refractivity (Wildman–Crippen MR) is 108 cm³/mol. The van der Waals surface area contributed by atoms with Gasteiger partial charge in [-0.2, -0.15) is 5.10 Å². The van der Waals surface area contributed by atoms with Crippen molar-refractivity contribution in [3.63, 3.8) is 0 Å². The first-order chi connectivity index (χ1) is 13.1. The van der Waals surface area contributed by atoms with Crippen molar-refractivity contribution in [2.45, 2.75) is 12.5 Å². The second-order valence-electron chi connectivity index (χ2n) is 7.44. The Balaban J connectivity index is 1.49. The monoisotopic (exact) mass is 379 g/mol. The minimum atomic E-state index is -0.411. The number of aliphatic hydroxyl groups excluding tert-OH is 1. The number of aromatic nitrogens is 4. The van der Waals surface area contributed by atoms with Crippen molar-refractivity contribution >= 4 is 32.6 Å². The minimum absolute atomic E-state index is 0.305. The van der Waals surface area contributed by atoms with E-state index in [4.69, 9.17) is 4.98 Å². The summed E-state index contributed by atoms with van der Waals surface area (Å²) in [5.74, 6) is 0.305. The van der Waals surface area contributed by atoms with Gasteiger partial charge in [0.25, 0.3) is 0 Å². The molecule has 4 aromatic heterocycles. The summed E-state index contributed by atoms with van der Waals surface area (Å²) in [6.45, 7) is 2.00. The third-order valence-corrected chi connectivity index (χ3v) is 6.45. The number of pyridine rings is 2. The lowest BCUT2D eigenvalue weighted by Crippen LogP contribution is -2.17. The van der Waals surface area contributed by atoms with E-state index in [1.165, 1.54) is 0 Å². The fraction of sp³-hybridized carbons (Fsp3) is 0.350. The zero-order chi connectivity index (χ0) is 18.5. The molecule has 27 heavy (non-hydrogen) atoms. The Hall–Kier alpha value is -2.35. The van der Waals surface area contributed by atoms with Crippen molar-refractivity contribution in [1.82, 2.24) is 24.6 Å². The van der Waals surface area contributed by atoms with Crippen molar-refractivity contribution in [3.05, 3.63) is 41.5 Å². The number of hydrogen-bond acceptors (Lipinski definition) is 6. The quantitative estimate of drug-likeness (QED) is 0.592. The van der Waals surface area contributed by atoms with Gasteiger partial charge in [0, 0.05) is 53.1 Å². The summed E-state index contributed by atoms with van der Waals surface area (Å²) >= 11 is 1.59. The van der Waals surface area contributed by atoms with Gasteiger partial charge in [-0.05, 0) is 44.3 Å². The highest BCUT2D eigenvalue weighted by molar-refractivity contribution is 7.18. The van der Waals surface area contributed by atoms with E-state index >= 15 is 0 Å². The molecule has 1 fully saturated rings. The van der Waals surface area contributed by atoms with Crippen LogP contribution >= 0.6 is 11.3 Å². The molecular weight excluding hydrogens is 358 g/mol. The van der Waals surface area contributed by atoms with Gasteiger partial charge in [-0.25, -0.2) is 9.97 Å². The van der Waals surface area contributed by atoms with Gasteiger partial charge in [-0.15, -0.1) is 11.3 Å². The van der Waals surface area contributed by atoms with Gasteiger partial charge >= 0.3 is 0 Å². The van der Waals surface area contributed by atoms with Crippen LogP contribution in [0.3, 0.4) is 0 Å². The lowest BCUT2D eigenvalue weighted by molar-refractivity contribution is 0.116. The molecule has 0 spiro atoms. The third kappa shape index (κ3) is 3.01. The fourth-order valence-electron chi connectivity index (χ4n) is 3.88. The maximum atomic E-state index is 10.8. The van der Waals surface area contributed by atoms with Crippen molar-refractivity contribution < 1.29 is 5.11 Å². The van der Waals surface area contributed by atoms with Crippen LogP contribution in [0.25, 0.3) is 32.5 Å². The van der Waals surface area contributed by atoms with Crippen LogP contribution in [-0.4, -0.2) is 49.9 Å². The summed E-state index contributed by atoms with van der Waals surface area (Å²) in [5, 5.41) is 17.2. The van der Waals surface area contributed by atoms with Gasteiger partial charge in [0.15, 0.2) is 5.65 Å². The second kappa shape index (κ2) is 6.37. The Labute approximate surface area is 161 Å². The molecule has 6 nitrogen and oxygen atoms in total. The average Bonchev–Trinajstić information content (AvgIpc) is 3.36. The molecule has 0 aromatic carbocycles. The van der Waals surface area contributed by atoms with E-state index in [2.05, 4.69) is 40.2 Å². The number of thiophene rings is 1. The van der Waals surface area contributed by atoms with Crippen LogP contribution < -0.4 is 0 Å². The van der Waals surface area contributed by atoms with Crippen LogP contribution in [0.4, 0.5) is 0 Å². The maximum Gasteiger partial charge on any atom is 0.181 e. The molecule has 0 saturated carbocycles. The number of likely N-dealkylation sites (tertiary alicyclic amines) is 1. The predicted octanol–water partition coefficient (Wildman–Crippen LogP) is 3.23. The highest BCUT2D eigenvalue weighted by atomic mass is 32.1. The van der Waals surface area contributed by atoms with Crippen LogP contribution in [0, 0.1) is 5.92 Å². The molecule has 1 N–H and O–H groups in total.